The Labute approximate surface area is 105 Å². The highest BCUT2D eigenvalue weighted by Crippen LogP contribution is 2.22. The normalized spacial score (nSPS) is 22.1. The van der Waals surface area contributed by atoms with Crippen molar-refractivity contribution < 1.29 is 4.79 Å². The summed E-state index contributed by atoms with van der Waals surface area (Å²) in [7, 11) is 2.02. The van der Waals surface area contributed by atoms with Gasteiger partial charge in [0.05, 0.1) is 6.04 Å². The lowest BCUT2D eigenvalue weighted by Crippen LogP contribution is -2.54. The Kier molecular flexibility index (Phi) is 5.40. The minimum absolute atomic E-state index is 0.00274. The standard InChI is InChI=1S/C13H27N3O/c1-5-8-15-12(17)11(2)16-9-6-13(3,14-4)7-10-16/h11,14H,5-10H2,1-4H3,(H,15,17). The summed E-state index contributed by atoms with van der Waals surface area (Å²) >= 11 is 0. The molecule has 100 valence electrons. The van der Waals surface area contributed by atoms with Crippen molar-refractivity contribution in [3.8, 4) is 0 Å². The van der Waals surface area contributed by atoms with Crippen LogP contribution in [0.4, 0.5) is 0 Å². The number of rotatable bonds is 5. The Morgan fingerprint density at radius 1 is 1.41 bits per heavy atom. The molecule has 1 aliphatic rings. The molecule has 0 spiro atoms. The second kappa shape index (κ2) is 6.36. The zero-order valence-electron chi connectivity index (χ0n) is 11.7. The van der Waals surface area contributed by atoms with E-state index in [1.807, 2.05) is 14.0 Å². The average Bonchev–Trinajstić information content (AvgIpc) is 2.36. The van der Waals surface area contributed by atoms with Gasteiger partial charge in [-0.2, -0.15) is 0 Å². The molecule has 1 saturated heterocycles. The molecule has 0 aliphatic carbocycles. The molecule has 1 heterocycles. The van der Waals surface area contributed by atoms with Crippen LogP contribution < -0.4 is 10.6 Å². The maximum absolute atomic E-state index is 11.9. The van der Waals surface area contributed by atoms with Gasteiger partial charge in [0.1, 0.15) is 0 Å². The Morgan fingerprint density at radius 2 is 2.00 bits per heavy atom. The summed E-state index contributed by atoms with van der Waals surface area (Å²) in [6.07, 6.45) is 3.21. The van der Waals surface area contributed by atoms with Crippen LogP contribution in [0.3, 0.4) is 0 Å². The number of hydrogen-bond acceptors (Lipinski definition) is 3. The third-order valence-electron chi connectivity index (χ3n) is 3.98. The Bertz CT molecular complexity index is 247. The topological polar surface area (TPSA) is 44.4 Å². The first-order valence-electron chi connectivity index (χ1n) is 6.73. The minimum Gasteiger partial charge on any atom is -0.355 e. The fraction of sp³-hybridized carbons (Fsp3) is 0.923. The lowest BCUT2D eigenvalue weighted by molar-refractivity contribution is -0.126. The monoisotopic (exact) mass is 241 g/mol. The van der Waals surface area contributed by atoms with Crippen LogP contribution in [0, 0.1) is 0 Å². The minimum atomic E-state index is 0.00274. The first kappa shape index (κ1) is 14.5. The van der Waals surface area contributed by atoms with Gasteiger partial charge in [-0.05, 0) is 40.2 Å². The number of nitrogens with one attached hydrogen (secondary N) is 2. The molecule has 1 fully saturated rings. The van der Waals surface area contributed by atoms with E-state index < -0.39 is 0 Å². The van der Waals surface area contributed by atoms with Gasteiger partial charge >= 0.3 is 0 Å². The quantitative estimate of drug-likeness (QED) is 0.754. The van der Waals surface area contributed by atoms with Crippen molar-refractivity contribution in [3.05, 3.63) is 0 Å². The van der Waals surface area contributed by atoms with E-state index in [0.717, 1.165) is 38.9 Å². The van der Waals surface area contributed by atoms with Gasteiger partial charge in [-0.1, -0.05) is 6.92 Å². The molecule has 1 unspecified atom stereocenters. The number of hydrogen-bond donors (Lipinski definition) is 2. The SMILES string of the molecule is CCCNC(=O)C(C)N1CCC(C)(NC)CC1. The van der Waals surface area contributed by atoms with Crippen molar-refractivity contribution in [2.24, 2.45) is 0 Å². The largest absolute Gasteiger partial charge is 0.355 e. The summed E-state index contributed by atoms with van der Waals surface area (Å²) in [4.78, 5) is 14.1. The van der Waals surface area contributed by atoms with E-state index in [1.54, 1.807) is 0 Å². The summed E-state index contributed by atoms with van der Waals surface area (Å²) < 4.78 is 0. The molecule has 0 aromatic rings. The summed E-state index contributed by atoms with van der Waals surface area (Å²) in [6, 6.07) is 0.00274. The van der Waals surface area contributed by atoms with Crippen LogP contribution in [0.15, 0.2) is 0 Å². The fourth-order valence-electron chi connectivity index (χ4n) is 2.22. The maximum Gasteiger partial charge on any atom is 0.237 e. The van der Waals surface area contributed by atoms with E-state index in [-0.39, 0.29) is 17.5 Å². The molecule has 0 saturated carbocycles. The van der Waals surface area contributed by atoms with Gasteiger partial charge < -0.3 is 10.6 Å². The molecule has 0 bridgehead atoms. The van der Waals surface area contributed by atoms with Crippen LogP contribution in [-0.2, 0) is 4.79 Å². The lowest BCUT2D eigenvalue weighted by Gasteiger charge is -2.41. The summed E-state index contributed by atoms with van der Waals surface area (Å²) in [5, 5.41) is 6.34. The fourth-order valence-corrected chi connectivity index (χ4v) is 2.22. The van der Waals surface area contributed by atoms with Gasteiger partial charge in [-0.3, -0.25) is 9.69 Å². The Hall–Kier alpha value is -0.610. The molecule has 0 aromatic heterocycles. The molecule has 4 nitrogen and oxygen atoms in total. The van der Waals surface area contributed by atoms with E-state index in [0.29, 0.717) is 0 Å². The van der Waals surface area contributed by atoms with Crippen LogP contribution >= 0.6 is 0 Å². The van der Waals surface area contributed by atoms with Crippen molar-refractivity contribution in [1.29, 1.82) is 0 Å². The predicted molar refractivity (Wildman–Crippen MR) is 71.0 cm³/mol. The smallest absolute Gasteiger partial charge is 0.237 e. The molecule has 4 heteroatoms. The summed E-state index contributed by atoms with van der Waals surface area (Å²) in [5.74, 6) is 0.167. The lowest BCUT2D eigenvalue weighted by atomic mass is 9.89. The molecule has 2 N–H and O–H groups in total. The zero-order valence-corrected chi connectivity index (χ0v) is 11.7. The van der Waals surface area contributed by atoms with E-state index in [9.17, 15) is 4.79 Å². The predicted octanol–water partition coefficient (Wildman–Crippen LogP) is 0.975. The molecule has 1 amide bonds. The number of carbonyl (C=O) groups excluding carboxylic acids is 1. The maximum atomic E-state index is 11.9. The molecule has 1 aliphatic heterocycles. The van der Waals surface area contributed by atoms with Gasteiger partial charge in [0.15, 0.2) is 0 Å². The van der Waals surface area contributed by atoms with Crippen molar-refractivity contribution >= 4 is 5.91 Å². The first-order valence-corrected chi connectivity index (χ1v) is 6.73. The van der Waals surface area contributed by atoms with Crippen molar-refractivity contribution in [2.45, 2.75) is 51.6 Å². The van der Waals surface area contributed by atoms with Gasteiger partial charge in [-0.25, -0.2) is 0 Å². The van der Waals surface area contributed by atoms with Crippen LogP contribution in [0.1, 0.15) is 40.0 Å². The van der Waals surface area contributed by atoms with Crippen LogP contribution in [0.5, 0.6) is 0 Å². The molecule has 17 heavy (non-hydrogen) atoms. The molecule has 0 aromatic carbocycles. The highest BCUT2D eigenvalue weighted by molar-refractivity contribution is 5.81. The van der Waals surface area contributed by atoms with E-state index in [1.165, 1.54) is 0 Å². The van der Waals surface area contributed by atoms with Gasteiger partial charge in [0.25, 0.3) is 0 Å². The van der Waals surface area contributed by atoms with Crippen molar-refractivity contribution in [2.75, 3.05) is 26.7 Å². The first-order chi connectivity index (χ1) is 8.02. The van der Waals surface area contributed by atoms with E-state index in [4.69, 9.17) is 0 Å². The van der Waals surface area contributed by atoms with Crippen LogP contribution in [0.2, 0.25) is 0 Å². The summed E-state index contributed by atoms with van der Waals surface area (Å²) in [6.45, 7) is 9.12. The molecule has 0 radical (unpaired) electrons. The molecular weight excluding hydrogens is 214 g/mol. The highest BCUT2D eigenvalue weighted by atomic mass is 16.2. The van der Waals surface area contributed by atoms with E-state index in [2.05, 4.69) is 29.4 Å². The second-order valence-corrected chi connectivity index (χ2v) is 5.31. The summed E-state index contributed by atoms with van der Waals surface area (Å²) in [5.41, 5.74) is 0.246. The van der Waals surface area contributed by atoms with E-state index >= 15 is 0 Å². The van der Waals surface area contributed by atoms with Crippen molar-refractivity contribution in [1.82, 2.24) is 15.5 Å². The highest BCUT2D eigenvalue weighted by Gasteiger charge is 2.31. The third-order valence-corrected chi connectivity index (χ3v) is 3.98. The number of amides is 1. The third kappa shape index (κ3) is 3.96. The Balaban J connectivity index is 2.40. The average molecular weight is 241 g/mol. The van der Waals surface area contributed by atoms with Gasteiger partial charge in [-0.15, -0.1) is 0 Å². The number of piperidine rings is 1. The zero-order chi connectivity index (χ0) is 12.9. The van der Waals surface area contributed by atoms with Gasteiger partial charge in [0.2, 0.25) is 5.91 Å². The van der Waals surface area contributed by atoms with Crippen molar-refractivity contribution in [3.63, 3.8) is 0 Å². The number of likely N-dealkylation sites (tertiary alicyclic amines) is 1. The van der Waals surface area contributed by atoms with Gasteiger partial charge in [0, 0.05) is 25.2 Å². The molecule has 1 rings (SSSR count). The van der Waals surface area contributed by atoms with Crippen LogP contribution in [0.25, 0.3) is 0 Å². The Morgan fingerprint density at radius 3 is 2.47 bits per heavy atom. The number of carbonyl (C=O) groups is 1. The van der Waals surface area contributed by atoms with Crippen LogP contribution in [-0.4, -0.2) is 49.1 Å². The number of nitrogens with zero attached hydrogens (tertiary/aromatic N) is 1. The molecular formula is C13H27N3O. The second-order valence-electron chi connectivity index (χ2n) is 5.31. The molecule has 1 atom stereocenters.